The highest BCUT2D eigenvalue weighted by Crippen LogP contribution is 2.41. The Morgan fingerprint density at radius 1 is 1.00 bits per heavy atom. The number of carbonyl (C=O) groups is 2. The molecule has 2 aromatic rings. The maximum absolute atomic E-state index is 13.6. The van der Waals surface area contributed by atoms with Gasteiger partial charge in [-0.15, -0.1) is 0 Å². The molecule has 7 nitrogen and oxygen atoms in total. The third-order valence-corrected chi connectivity index (χ3v) is 8.99. The molecular formula is C31H40N2O5S. The lowest BCUT2D eigenvalue weighted by molar-refractivity contribution is -0.181. The van der Waals surface area contributed by atoms with E-state index >= 15 is 0 Å². The zero-order chi connectivity index (χ0) is 28.5. The lowest BCUT2D eigenvalue weighted by atomic mass is 9.74. The van der Waals surface area contributed by atoms with Gasteiger partial charge in [0.05, 0.1) is 16.5 Å². The SMILES string of the molecule is CCCCCC1(CCCCC)CC(=O)C(C(CC)c2cccc(NS(=O)(=O)c3ccc(C#N)cc3)c2)C(=O)O1. The number of nitriles is 1. The number of rotatable bonds is 14. The first-order valence-electron chi connectivity index (χ1n) is 14.1. The number of nitrogens with one attached hydrogen (secondary N) is 1. The maximum atomic E-state index is 13.6. The molecule has 1 aliphatic heterocycles. The van der Waals surface area contributed by atoms with Gasteiger partial charge in [-0.05, 0) is 74.1 Å². The van der Waals surface area contributed by atoms with Crippen molar-refractivity contribution in [3.05, 3.63) is 59.7 Å². The van der Waals surface area contributed by atoms with Crippen LogP contribution in [0.2, 0.25) is 0 Å². The number of ketones is 1. The molecule has 0 bridgehead atoms. The summed E-state index contributed by atoms with van der Waals surface area (Å²) < 4.78 is 34.6. The Labute approximate surface area is 233 Å². The van der Waals surface area contributed by atoms with E-state index in [1.807, 2.05) is 19.1 Å². The van der Waals surface area contributed by atoms with Gasteiger partial charge in [-0.1, -0.05) is 58.6 Å². The largest absolute Gasteiger partial charge is 0.458 e. The molecule has 39 heavy (non-hydrogen) atoms. The Balaban J connectivity index is 1.81. The molecule has 0 aromatic heterocycles. The highest BCUT2D eigenvalue weighted by atomic mass is 32.2. The first-order valence-corrected chi connectivity index (χ1v) is 15.6. The van der Waals surface area contributed by atoms with Crippen LogP contribution in [0.5, 0.6) is 0 Å². The topological polar surface area (TPSA) is 113 Å². The molecule has 2 aromatic carbocycles. The Bertz CT molecular complexity index is 1250. The molecule has 0 aliphatic carbocycles. The van der Waals surface area contributed by atoms with Gasteiger partial charge in [-0.25, -0.2) is 8.42 Å². The van der Waals surface area contributed by atoms with E-state index in [0.717, 1.165) is 38.5 Å². The van der Waals surface area contributed by atoms with Crippen LogP contribution in [-0.4, -0.2) is 25.8 Å². The van der Waals surface area contributed by atoms with Crippen molar-refractivity contribution < 1.29 is 22.7 Å². The van der Waals surface area contributed by atoms with Gasteiger partial charge in [0.1, 0.15) is 11.5 Å². The molecule has 2 atom stereocenters. The Morgan fingerprint density at radius 2 is 1.64 bits per heavy atom. The van der Waals surface area contributed by atoms with Gasteiger partial charge in [-0.2, -0.15) is 5.26 Å². The van der Waals surface area contributed by atoms with Crippen molar-refractivity contribution in [1.29, 1.82) is 5.26 Å². The number of nitrogens with zero attached hydrogens (tertiary/aromatic N) is 1. The van der Waals surface area contributed by atoms with Crippen LogP contribution in [0, 0.1) is 17.2 Å². The first-order chi connectivity index (χ1) is 18.7. The molecular weight excluding hydrogens is 512 g/mol. The van der Waals surface area contributed by atoms with Gasteiger partial charge in [-0.3, -0.25) is 14.3 Å². The number of cyclic esters (lactones) is 1. The van der Waals surface area contributed by atoms with Crippen LogP contribution in [0.4, 0.5) is 5.69 Å². The highest BCUT2D eigenvalue weighted by molar-refractivity contribution is 7.92. The van der Waals surface area contributed by atoms with E-state index in [-0.39, 0.29) is 17.1 Å². The number of carbonyl (C=O) groups excluding carboxylic acids is 2. The van der Waals surface area contributed by atoms with Crippen LogP contribution >= 0.6 is 0 Å². The standard InChI is InChI=1S/C31H40N2O5S/c1-4-7-9-18-31(19-10-8-5-2)21-28(34)29(30(35)38-31)27(6-3)24-12-11-13-25(20-24)33-39(36,37)26-16-14-23(22-32)15-17-26/h11-17,20,27,29,33H,4-10,18-19,21H2,1-3H3. The molecule has 2 unspecified atom stereocenters. The Hall–Kier alpha value is -3.18. The van der Waals surface area contributed by atoms with Crippen LogP contribution in [-0.2, 0) is 24.3 Å². The first kappa shape index (κ1) is 30.4. The lowest BCUT2D eigenvalue weighted by Crippen LogP contribution is -2.49. The number of hydrogen-bond donors (Lipinski definition) is 1. The van der Waals surface area contributed by atoms with Crippen molar-refractivity contribution in [1.82, 2.24) is 0 Å². The van der Waals surface area contributed by atoms with Crippen molar-refractivity contribution in [2.24, 2.45) is 5.92 Å². The third kappa shape index (κ3) is 7.69. The smallest absolute Gasteiger partial charge is 0.317 e. The molecule has 8 heteroatoms. The highest BCUT2D eigenvalue weighted by Gasteiger charge is 2.48. The van der Waals surface area contributed by atoms with Gasteiger partial charge in [0.25, 0.3) is 10.0 Å². The van der Waals surface area contributed by atoms with Crippen molar-refractivity contribution in [3.8, 4) is 6.07 Å². The van der Waals surface area contributed by atoms with Gasteiger partial charge in [0, 0.05) is 18.0 Å². The van der Waals surface area contributed by atoms with Gasteiger partial charge < -0.3 is 4.74 Å². The van der Waals surface area contributed by atoms with E-state index in [0.29, 0.717) is 36.1 Å². The maximum Gasteiger partial charge on any atom is 0.317 e. The molecule has 1 heterocycles. The quantitative estimate of drug-likeness (QED) is 0.155. The van der Waals surface area contributed by atoms with Crippen molar-refractivity contribution in [2.45, 2.75) is 101 Å². The summed E-state index contributed by atoms with van der Waals surface area (Å²) in [6.45, 7) is 6.17. The van der Waals surface area contributed by atoms with Crippen LogP contribution in [0.1, 0.15) is 102 Å². The van der Waals surface area contributed by atoms with Crippen LogP contribution in [0.3, 0.4) is 0 Å². The van der Waals surface area contributed by atoms with Crippen molar-refractivity contribution >= 4 is 27.5 Å². The summed E-state index contributed by atoms with van der Waals surface area (Å²) in [6.07, 6.45) is 8.20. The summed E-state index contributed by atoms with van der Waals surface area (Å²) in [4.78, 5) is 27.0. The zero-order valence-electron chi connectivity index (χ0n) is 23.2. The number of unbranched alkanes of at least 4 members (excludes halogenated alkanes) is 4. The minimum Gasteiger partial charge on any atom is -0.458 e. The minimum absolute atomic E-state index is 0.0347. The number of benzene rings is 2. The van der Waals surface area contributed by atoms with Gasteiger partial charge in [0.15, 0.2) is 5.78 Å². The van der Waals surface area contributed by atoms with E-state index in [9.17, 15) is 18.0 Å². The zero-order valence-corrected chi connectivity index (χ0v) is 24.1. The van der Waals surface area contributed by atoms with Crippen LogP contribution in [0.15, 0.2) is 53.4 Å². The molecule has 0 spiro atoms. The molecule has 1 aliphatic rings. The molecule has 3 rings (SSSR count). The summed E-state index contributed by atoms with van der Waals surface area (Å²) in [5, 5.41) is 8.97. The fraction of sp³-hybridized carbons (Fsp3) is 0.516. The average molecular weight is 553 g/mol. The van der Waals surface area contributed by atoms with E-state index < -0.39 is 33.4 Å². The minimum atomic E-state index is -3.89. The number of ether oxygens (including phenoxy) is 1. The summed E-state index contributed by atoms with van der Waals surface area (Å²) >= 11 is 0. The number of sulfonamides is 1. The molecule has 1 fully saturated rings. The monoisotopic (exact) mass is 552 g/mol. The fourth-order valence-corrected chi connectivity index (χ4v) is 6.53. The third-order valence-electron chi connectivity index (χ3n) is 7.59. The van der Waals surface area contributed by atoms with Crippen LogP contribution < -0.4 is 4.72 Å². The molecule has 1 saturated heterocycles. The van der Waals surface area contributed by atoms with Crippen molar-refractivity contribution in [3.63, 3.8) is 0 Å². The summed E-state index contributed by atoms with van der Waals surface area (Å²) in [6, 6.07) is 14.5. The van der Waals surface area contributed by atoms with E-state index in [1.54, 1.807) is 18.2 Å². The summed E-state index contributed by atoms with van der Waals surface area (Å²) in [5.41, 5.74) is 0.689. The normalized spacial score (nSPS) is 17.7. The number of hydrogen-bond acceptors (Lipinski definition) is 6. The van der Waals surface area contributed by atoms with Gasteiger partial charge in [0.2, 0.25) is 0 Å². The number of esters is 1. The van der Waals surface area contributed by atoms with Crippen molar-refractivity contribution in [2.75, 3.05) is 4.72 Å². The molecule has 0 saturated carbocycles. The molecule has 1 N–H and O–H groups in total. The van der Waals surface area contributed by atoms with Crippen LogP contribution in [0.25, 0.3) is 0 Å². The second-order valence-corrected chi connectivity index (χ2v) is 12.2. The average Bonchev–Trinajstić information content (AvgIpc) is 2.91. The summed E-state index contributed by atoms with van der Waals surface area (Å²) in [7, 11) is -3.89. The number of Topliss-reactive ketones (excluding diaryl/α,β-unsaturated/α-hetero) is 1. The number of anilines is 1. The van der Waals surface area contributed by atoms with E-state index in [4.69, 9.17) is 10.00 Å². The fourth-order valence-electron chi connectivity index (χ4n) is 5.48. The Morgan fingerprint density at radius 3 is 2.18 bits per heavy atom. The molecule has 210 valence electrons. The Kier molecular flexibility index (Phi) is 10.7. The van der Waals surface area contributed by atoms with E-state index in [2.05, 4.69) is 18.6 Å². The predicted octanol–water partition coefficient (Wildman–Crippen LogP) is 6.88. The van der Waals surface area contributed by atoms with E-state index in [1.165, 1.54) is 24.3 Å². The second kappa shape index (κ2) is 13.7. The summed E-state index contributed by atoms with van der Waals surface area (Å²) in [5.74, 6) is -1.89. The second-order valence-electron chi connectivity index (χ2n) is 10.5. The molecule has 0 amide bonds. The van der Waals surface area contributed by atoms with Gasteiger partial charge >= 0.3 is 5.97 Å². The predicted molar refractivity (Wildman–Crippen MR) is 152 cm³/mol. The molecule has 0 radical (unpaired) electrons. The lowest BCUT2D eigenvalue weighted by Gasteiger charge is -2.41.